The Morgan fingerprint density at radius 1 is 1.38 bits per heavy atom. The summed E-state index contributed by atoms with van der Waals surface area (Å²) in [6.45, 7) is 3.71. The van der Waals surface area contributed by atoms with Crippen LogP contribution in [0.1, 0.15) is 55.0 Å². The van der Waals surface area contributed by atoms with Gasteiger partial charge in [-0.3, -0.25) is 5.10 Å². The lowest BCUT2D eigenvalue weighted by Crippen LogP contribution is -2.10. The van der Waals surface area contributed by atoms with Gasteiger partial charge in [-0.05, 0) is 43.1 Å². The van der Waals surface area contributed by atoms with Gasteiger partial charge in [-0.15, -0.1) is 6.58 Å². The number of phenolic OH excluding ortho intramolecular Hbond substituents is 1. The summed E-state index contributed by atoms with van der Waals surface area (Å²) in [4.78, 5) is 0. The molecule has 0 amide bonds. The topological polar surface area (TPSA) is 66.2 Å². The second kappa shape index (κ2) is 7.57. The van der Waals surface area contributed by atoms with Crippen LogP contribution < -0.4 is 0 Å². The lowest BCUT2D eigenvalue weighted by atomic mass is 9.89. The van der Waals surface area contributed by atoms with E-state index in [1.54, 1.807) is 17.0 Å². The lowest BCUT2D eigenvalue weighted by molar-refractivity contribution is 0.419. The number of allylic oxidation sites excluding steroid dienone is 1. The van der Waals surface area contributed by atoms with Crippen LogP contribution >= 0.6 is 12.2 Å². The summed E-state index contributed by atoms with van der Waals surface area (Å²) >= 11 is 5.31. The van der Waals surface area contributed by atoms with E-state index in [9.17, 15) is 5.11 Å². The zero-order valence-electron chi connectivity index (χ0n) is 13.6. The van der Waals surface area contributed by atoms with E-state index in [0.717, 1.165) is 24.2 Å². The number of aromatic amines is 1. The van der Waals surface area contributed by atoms with Gasteiger partial charge in [0, 0.05) is 11.5 Å². The highest BCUT2D eigenvalue weighted by Gasteiger charge is 2.21. The SMILES string of the molecule is C=CCc1cccc(C=Nn2c(C3CCCCC3)n[nH]c2=S)c1O. The zero-order chi connectivity index (χ0) is 16.9. The minimum atomic E-state index is 0.232. The molecule has 1 aliphatic rings. The summed E-state index contributed by atoms with van der Waals surface area (Å²) in [5.41, 5.74) is 1.49. The number of phenols is 1. The normalized spacial score (nSPS) is 15.8. The van der Waals surface area contributed by atoms with Crippen LogP contribution in [-0.4, -0.2) is 26.2 Å². The van der Waals surface area contributed by atoms with Crippen molar-refractivity contribution in [2.45, 2.75) is 44.4 Å². The van der Waals surface area contributed by atoms with Gasteiger partial charge in [0.25, 0.3) is 0 Å². The summed E-state index contributed by atoms with van der Waals surface area (Å²) in [5.74, 6) is 1.51. The van der Waals surface area contributed by atoms with E-state index in [-0.39, 0.29) is 5.75 Å². The molecule has 6 heteroatoms. The number of nitrogens with zero attached hydrogens (tertiary/aromatic N) is 3. The Bertz CT molecular complexity index is 800. The second-order valence-electron chi connectivity index (χ2n) is 6.13. The average molecular weight is 342 g/mol. The van der Waals surface area contributed by atoms with Crippen molar-refractivity contribution in [3.8, 4) is 5.75 Å². The fraction of sp³-hybridized carbons (Fsp3) is 0.389. The molecule has 0 bridgehead atoms. The minimum absolute atomic E-state index is 0.232. The van der Waals surface area contributed by atoms with E-state index in [2.05, 4.69) is 21.9 Å². The number of aromatic nitrogens is 3. The molecule has 0 radical (unpaired) electrons. The van der Waals surface area contributed by atoms with E-state index in [0.29, 0.717) is 22.7 Å². The molecule has 5 nitrogen and oxygen atoms in total. The Balaban J connectivity index is 1.90. The number of hydrogen-bond acceptors (Lipinski definition) is 4. The molecule has 1 aliphatic carbocycles. The van der Waals surface area contributed by atoms with Crippen molar-refractivity contribution < 1.29 is 5.11 Å². The molecule has 0 unspecified atom stereocenters. The fourth-order valence-electron chi connectivity index (χ4n) is 3.20. The molecule has 0 spiro atoms. The van der Waals surface area contributed by atoms with Crippen molar-refractivity contribution in [2.75, 3.05) is 0 Å². The van der Waals surface area contributed by atoms with Crippen molar-refractivity contribution >= 4 is 18.4 Å². The first-order chi connectivity index (χ1) is 11.7. The quantitative estimate of drug-likeness (QED) is 0.483. The van der Waals surface area contributed by atoms with E-state index in [1.807, 2.05) is 18.2 Å². The molecule has 0 atom stereocenters. The minimum Gasteiger partial charge on any atom is -0.507 e. The monoisotopic (exact) mass is 342 g/mol. The highest BCUT2D eigenvalue weighted by Crippen LogP contribution is 2.31. The number of para-hydroxylation sites is 1. The van der Waals surface area contributed by atoms with Gasteiger partial charge in [0.05, 0.1) is 6.21 Å². The van der Waals surface area contributed by atoms with Crippen molar-refractivity contribution in [3.05, 3.63) is 52.6 Å². The van der Waals surface area contributed by atoms with Gasteiger partial charge >= 0.3 is 0 Å². The summed E-state index contributed by atoms with van der Waals surface area (Å²) in [6.07, 6.45) is 9.99. The van der Waals surface area contributed by atoms with Crippen LogP contribution in [0.25, 0.3) is 0 Å². The molecule has 1 saturated carbocycles. The fourth-order valence-corrected chi connectivity index (χ4v) is 3.38. The van der Waals surface area contributed by atoms with Gasteiger partial charge in [0.2, 0.25) is 4.77 Å². The molecule has 126 valence electrons. The Hall–Kier alpha value is -2.21. The highest BCUT2D eigenvalue weighted by atomic mass is 32.1. The first kappa shape index (κ1) is 16.6. The molecule has 0 saturated heterocycles. The van der Waals surface area contributed by atoms with Crippen LogP contribution in [0.15, 0.2) is 36.0 Å². The maximum atomic E-state index is 10.3. The van der Waals surface area contributed by atoms with Gasteiger partial charge in [0.15, 0.2) is 5.82 Å². The summed E-state index contributed by atoms with van der Waals surface area (Å²) in [6, 6.07) is 5.61. The predicted octanol–water partition coefficient (Wildman–Crippen LogP) is 4.30. The molecule has 1 aromatic heterocycles. The smallest absolute Gasteiger partial charge is 0.216 e. The molecule has 2 aromatic rings. The number of hydrogen-bond donors (Lipinski definition) is 2. The first-order valence-corrected chi connectivity index (χ1v) is 8.75. The Morgan fingerprint density at radius 3 is 2.92 bits per heavy atom. The Morgan fingerprint density at radius 2 is 2.17 bits per heavy atom. The molecular weight excluding hydrogens is 320 g/mol. The van der Waals surface area contributed by atoms with Crippen LogP contribution in [0, 0.1) is 4.77 Å². The maximum Gasteiger partial charge on any atom is 0.216 e. The van der Waals surface area contributed by atoms with Gasteiger partial charge in [-0.1, -0.05) is 37.5 Å². The molecule has 0 aliphatic heterocycles. The van der Waals surface area contributed by atoms with Gasteiger partial charge in [0.1, 0.15) is 5.75 Å². The highest BCUT2D eigenvalue weighted by molar-refractivity contribution is 7.71. The number of rotatable bonds is 5. The number of H-pyrrole nitrogens is 1. The third kappa shape index (κ3) is 3.48. The van der Waals surface area contributed by atoms with Crippen molar-refractivity contribution in [1.82, 2.24) is 14.9 Å². The van der Waals surface area contributed by atoms with Gasteiger partial charge in [-0.2, -0.15) is 14.9 Å². The molecule has 1 fully saturated rings. The summed E-state index contributed by atoms with van der Waals surface area (Å²) in [7, 11) is 0. The Labute approximate surface area is 146 Å². The lowest BCUT2D eigenvalue weighted by Gasteiger charge is -2.19. The van der Waals surface area contributed by atoms with Crippen molar-refractivity contribution in [1.29, 1.82) is 0 Å². The number of benzene rings is 1. The molecule has 3 rings (SSSR count). The van der Waals surface area contributed by atoms with Crippen LogP contribution in [0.4, 0.5) is 0 Å². The standard InChI is InChI=1S/C18H22N4OS/c1-2-7-13-10-6-11-15(16(13)23)12-19-22-17(20-21-18(22)24)14-8-4-3-5-9-14/h2,6,10-12,14,23H,1,3-5,7-9H2,(H,21,24). The van der Waals surface area contributed by atoms with E-state index < -0.39 is 0 Å². The summed E-state index contributed by atoms with van der Waals surface area (Å²) < 4.78 is 2.17. The van der Waals surface area contributed by atoms with E-state index >= 15 is 0 Å². The zero-order valence-corrected chi connectivity index (χ0v) is 14.4. The molecule has 1 heterocycles. The van der Waals surface area contributed by atoms with Crippen LogP contribution in [-0.2, 0) is 6.42 Å². The summed E-state index contributed by atoms with van der Waals surface area (Å²) in [5, 5.41) is 22.0. The van der Waals surface area contributed by atoms with Crippen LogP contribution in [0.2, 0.25) is 0 Å². The molecule has 1 aromatic carbocycles. The van der Waals surface area contributed by atoms with Crippen LogP contribution in [0.3, 0.4) is 0 Å². The second-order valence-corrected chi connectivity index (χ2v) is 6.51. The van der Waals surface area contributed by atoms with E-state index in [1.165, 1.54) is 19.3 Å². The van der Waals surface area contributed by atoms with Gasteiger partial charge < -0.3 is 5.11 Å². The maximum absolute atomic E-state index is 10.3. The van der Waals surface area contributed by atoms with Gasteiger partial charge in [-0.25, -0.2) is 0 Å². The third-order valence-corrected chi connectivity index (χ3v) is 4.74. The number of aromatic hydroxyl groups is 1. The average Bonchev–Trinajstić information content (AvgIpc) is 2.97. The van der Waals surface area contributed by atoms with Crippen molar-refractivity contribution in [2.24, 2.45) is 5.10 Å². The molecule has 24 heavy (non-hydrogen) atoms. The number of nitrogens with one attached hydrogen (secondary N) is 1. The predicted molar refractivity (Wildman–Crippen MR) is 98.2 cm³/mol. The third-order valence-electron chi connectivity index (χ3n) is 4.47. The van der Waals surface area contributed by atoms with Crippen molar-refractivity contribution in [3.63, 3.8) is 0 Å². The molecular formula is C18H22N4OS. The first-order valence-electron chi connectivity index (χ1n) is 8.34. The van der Waals surface area contributed by atoms with Crippen LogP contribution in [0.5, 0.6) is 5.75 Å². The van der Waals surface area contributed by atoms with E-state index in [4.69, 9.17) is 12.2 Å². The largest absolute Gasteiger partial charge is 0.507 e. The Kier molecular flexibility index (Phi) is 5.25. The molecule has 2 N–H and O–H groups in total.